The third kappa shape index (κ3) is 5.12. The lowest BCUT2D eigenvalue weighted by Crippen LogP contribution is -2.50. The SMILES string of the molecule is CCCCCC(O)N1CCN(c2cc(N3CCCC3)nc(N3CCCC3)n2)CC1. The van der Waals surface area contributed by atoms with Gasteiger partial charge in [-0.05, 0) is 38.5 Å². The maximum absolute atomic E-state index is 10.5. The molecule has 4 heterocycles. The Morgan fingerprint density at radius 3 is 1.93 bits per heavy atom. The van der Waals surface area contributed by atoms with Crippen LogP contribution in [0.3, 0.4) is 0 Å². The van der Waals surface area contributed by atoms with Crippen LogP contribution in [-0.4, -0.2) is 78.6 Å². The molecule has 0 aliphatic carbocycles. The molecule has 3 saturated heterocycles. The van der Waals surface area contributed by atoms with Gasteiger partial charge in [-0.25, -0.2) is 0 Å². The second kappa shape index (κ2) is 9.94. The first-order valence-electron chi connectivity index (χ1n) is 11.8. The van der Waals surface area contributed by atoms with Crippen molar-refractivity contribution in [3.8, 4) is 0 Å². The maximum atomic E-state index is 10.5. The first kappa shape index (κ1) is 20.7. The van der Waals surface area contributed by atoms with Crippen LogP contribution in [0.4, 0.5) is 17.6 Å². The zero-order valence-corrected chi connectivity index (χ0v) is 18.1. The maximum Gasteiger partial charge on any atom is 0.229 e. The standard InChI is InChI=1S/C22H38N6O/c1-2-3-4-9-21(29)27-16-14-26(15-17-27)20-18-19(25-10-5-6-11-25)23-22(24-20)28-12-7-8-13-28/h18,21,29H,2-17H2,1H3. The van der Waals surface area contributed by atoms with E-state index in [9.17, 15) is 5.11 Å². The first-order valence-corrected chi connectivity index (χ1v) is 11.8. The molecule has 7 nitrogen and oxygen atoms in total. The fourth-order valence-electron chi connectivity index (χ4n) is 4.75. The number of aliphatic hydroxyl groups excluding tert-OH is 1. The van der Waals surface area contributed by atoms with Crippen molar-refractivity contribution in [2.75, 3.05) is 67.1 Å². The number of unbranched alkanes of at least 4 members (excludes halogenated alkanes) is 2. The second-order valence-electron chi connectivity index (χ2n) is 8.77. The summed E-state index contributed by atoms with van der Waals surface area (Å²) in [4.78, 5) is 19.3. The van der Waals surface area contributed by atoms with Gasteiger partial charge in [0.1, 0.15) is 17.9 Å². The second-order valence-corrected chi connectivity index (χ2v) is 8.77. The van der Waals surface area contributed by atoms with Crippen molar-refractivity contribution in [2.24, 2.45) is 0 Å². The highest BCUT2D eigenvalue weighted by atomic mass is 16.3. The summed E-state index contributed by atoms with van der Waals surface area (Å²) in [6.45, 7) is 10.2. The van der Waals surface area contributed by atoms with Crippen LogP contribution < -0.4 is 14.7 Å². The van der Waals surface area contributed by atoms with Gasteiger partial charge in [0.15, 0.2) is 0 Å². The predicted octanol–water partition coefficient (Wildman–Crippen LogP) is 2.70. The number of aromatic nitrogens is 2. The van der Waals surface area contributed by atoms with E-state index in [1.54, 1.807) is 0 Å². The van der Waals surface area contributed by atoms with E-state index in [1.807, 2.05) is 0 Å². The van der Waals surface area contributed by atoms with Gasteiger partial charge < -0.3 is 19.8 Å². The molecule has 162 valence electrons. The van der Waals surface area contributed by atoms with E-state index in [0.29, 0.717) is 0 Å². The first-order chi connectivity index (χ1) is 14.2. The van der Waals surface area contributed by atoms with Crippen molar-refractivity contribution < 1.29 is 5.11 Å². The van der Waals surface area contributed by atoms with E-state index in [2.05, 4.69) is 32.6 Å². The molecule has 0 amide bonds. The molecule has 7 heteroatoms. The lowest BCUT2D eigenvalue weighted by Gasteiger charge is -2.38. The van der Waals surface area contributed by atoms with E-state index in [4.69, 9.17) is 9.97 Å². The van der Waals surface area contributed by atoms with Gasteiger partial charge in [0.25, 0.3) is 0 Å². The summed E-state index contributed by atoms with van der Waals surface area (Å²) in [5.41, 5.74) is 0. The molecule has 3 aliphatic heterocycles. The van der Waals surface area contributed by atoms with E-state index in [1.165, 1.54) is 38.5 Å². The molecule has 1 atom stereocenters. The van der Waals surface area contributed by atoms with Crippen molar-refractivity contribution >= 4 is 17.6 Å². The molecule has 0 radical (unpaired) electrons. The van der Waals surface area contributed by atoms with Crippen molar-refractivity contribution in [1.82, 2.24) is 14.9 Å². The number of aliphatic hydroxyl groups is 1. The summed E-state index contributed by atoms with van der Waals surface area (Å²) in [5.74, 6) is 3.06. The number of nitrogens with zero attached hydrogens (tertiary/aromatic N) is 6. The number of hydrogen-bond donors (Lipinski definition) is 1. The average Bonchev–Trinajstić information content (AvgIpc) is 3.48. The largest absolute Gasteiger partial charge is 0.378 e. The minimum atomic E-state index is -0.297. The molecule has 29 heavy (non-hydrogen) atoms. The number of rotatable bonds is 8. The topological polar surface area (TPSA) is 59.0 Å². The Kier molecular flexibility index (Phi) is 7.08. The number of hydrogen-bond acceptors (Lipinski definition) is 7. The van der Waals surface area contributed by atoms with Crippen molar-refractivity contribution in [3.63, 3.8) is 0 Å². The zero-order chi connectivity index (χ0) is 20.1. The summed E-state index contributed by atoms with van der Waals surface area (Å²) >= 11 is 0. The normalized spacial score (nSPS) is 21.9. The molecule has 1 unspecified atom stereocenters. The fraction of sp³-hybridized carbons (Fsp3) is 0.818. The molecular weight excluding hydrogens is 364 g/mol. The van der Waals surface area contributed by atoms with Gasteiger partial charge in [-0.3, -0.25) is 4.90 Å². The van der Waals surface area contributed by atoms with E-state index in [0.717, 1.165) is 82.8 Å². The minimum Gasteiger partial charge on any atom is -0.378 e. The quantitative estimate of drug-likeness (QED) is 0.671. The van der Waals surface area contributed by atoms with Gasteiger partial charge in [-0.2, -0.15) is 9.97 Å². The summed E-state index contributed by atoms with van der Waals surface area (Å²) in [6.07, 6.45) is 9.10. The van der Waals surface area contributed by atoms with Crippen molar-refractivity contribution in [1.29, 1.82) is 0 Å². The molecule has 4 rings (SSSR count). The van der Waals surface area contributed by atoms with Crippen LogP contribution >= 0.6 is 0 Å². The summed E-state index contributed by atoms with van der Waals surface area (Å²) in [7, 11) is 0. The van der Waals surface area contributed by atoms with Gasteiger partial charge in [-0.1, -0.05) is 19.8 Å². The Morgan fingerprint density at radius 2 is 1.34 bits per heavy atom. The highest BCUT2D eigenvalue weighted by Crippen LogP contribution is 2.28. The third-order valence-electron chi connectivity index (χ3n) is 6.63. The van der Waals surface area contributed by atoms with Crippen LogP contribution in [0.5, 0.6) is 0 Å². The highest BCUT2D eigenvalue weighted by molar-refractivity contribution is 5.56. The van der Waals surface area contributed by atoms with Crippen LogP contribution in [-0.2, 0) is 0 Å². The number of anilines is 3. The van der Waals surface area contributed by atoms with Crippen molar-refractivity contribution in [3.05, 3.63) is 6.07 Å². The van der Waals surface area contributed by atoms with E-state index < -0.39 is 0 Å². The molecule has 1 aromatic heterocycles. The molecule has 0 spiro atoms. The molecule has 0 bridgehead atoms. The molecular formula is C22H38N6O. The molecule has 1 N–H and O–H groups in total. The van der Waals surface area contributed by atoms with Crippen molar-refractivity contribution in [2.45, 2.75) is 64.5 Å². The van der Waals surface area contributed by atoms with Gasteiger partial charge in [0.2, 0.25) is 5.95 Å². The minimum absolute atomic E-state index is 0.297. The van der Waals surface area contributed by atoms with Gasteiger partial charge in [0.05, 0.1) is 0 Å². The molecule has 3 aliphatic rings. The Labute approximate surface area is 175 Å². The van der Waals surface area contributed by atoms with Crippen LogP contribution in [0, 0.1) is 0 Å². The molecule has 0 saturated carbocycles. The Morgan fingerprint density at radius 1 is 0.793 bits per heavy atom. The Balaban J connectivity index is 1.43. The summed E-state index contributed by atoms with van der Waals surface area (Å²) in [5, 5.41) is 10.5. The Bertz CT molecular complexity index is 602. The smallest absolute Gasteiger partial charge is 0.229 e. The van der Waals surface area contributed by atoms with Gasteiger partial charge >= 0.3 is 0 Å². The lowest BCUT2D eigenvalue weighted by molar-refractivity contribution is -0.00713. The predicted molar refractivity (Wildman–Crippen MR) is 119 cm³/mol. The van der Waals surface area contributed by atoms with Crippen LogP contribution in [0.15, 0.2) is 6.07 Å². The van der Waals surface area contributed by atoms with E-state index >= 15 is 0 Å². The van der Waals surface area contributed by atoms with Crippen LogP contribution in [0.25, 0.3) is 0 Å². The summed E-state index contributed by atoms with van der Waals surface area (Å²) < 4.78 is 0. The lowest BCUT2D eigenvalue weighted by atomic mass is 10.1. The summed E-state index contributed by atoms with van der Waals surface area (Å²) in [6, 6.07) is 2.19. The van der Waals surface area contributed by atoms with E-state index in [-0.39, 0.29) is 6.23 Å². The monoisotopic (exact) mass is 402 g/mol. The Hall–Kier alpha value is -1.60. The van der Waals surface area contributed by atoms with Gasteiger partial charge in [-0.15, -0.1) is 0 Å². The van der Waals surface area contributed by atoms with Crippen LogP contribution in [0.1, 0.15) is 58.3 Å². The number of piperazine rings is 1. The molecule has 0 aromatic carbocycles. The molecule has 1 aromatic rings. The zero-order valence-electron chi connectivity index (χ0n) is 18.1. The fourth-order valence-corrected chi connectivity index (χ4v) is 4.75. The third-order valence-corrected chi connectivity index (χ3v) is 6.63. The van der Waals surface area contributed by atoms with Crippen LogP contribution in [0.2, 0.25) is 0 Å². The molecule has 3 fully saturated rings. The highest BCUT2D eigenvalue weighted by Gasteiger charge is 2.26. The average molecular weight is 403 g/mol. The van der Waals surface area contributed by atoms with Gasteiger partial charge in [0, 0.05) is 58.4 Å².